The van der Waals surface area contributed by atoms with Crippen LogP contribution in [0, 0.1) is 13.8 Å². The molecular formula is C22H33IN4O. The molecular weight excluding hydrogens is 463 g/mol. The number of halogens is 1. The standard InChI is InChI=1S/C22H32N4O.HI/c1-7-23-21(26-15-19-17(3)9-8-12-24-19)25-14-18-11-10-16(2)13-20(18)27-22(4,5)6;/h8-13H,7,14-15H2,1-6H3,(H2,23,25,26);1H. The van der Waals surface area contributed by atoms with Gasteiger partial charge in [-0.25, -0.2) is 4.99 Å². The topological polar surface area (TPSA) is 58.5 Å². The number of hydrogen-bond donors (Lipinski definition) is 2. The van der Waals surface area contributed by atoms with Crippen LogP contribution in [0.15, 0.2) is 41.5 Å². The van der Waals surface area contributed by atoms with Gasteiger partial charge in [-0.1, -0.05) is 18.2 Å². The maximum absolute atomic E-state index is 6.13. The van der Waals surface area contributed by atoms with E-state index in [2.05, 4.69) is 81.4 Å². The van der Waals surface area contributed by atoms with Crippen molar-refractivity contribution in [1.82, 2.24) is 15.6 Å². The van der Waals surface area contributed by atoms with Crippen LogP contribution in [0.4, 0.5) is 0 Å². The molecule has 0 atom stereocenters. The summed E-state index contributed by atoms with van der Waals surface area (Å²) in [6.07, 6.45) is 1.82. The normalized spacial score (nSPS) is 11.6. The van der Waals surface area contributed by atoms with E-state index in [1.165, 1.54) is 11.1 Å². The van der Waals surface area contributed by atoms with Crippen LogP contribution in [-0.4, -0.2) is 23.1 Å². The molecule has 28 heavy (non-hydrogen) atoms. The van der Waals surface area contributed by atoms with Crippen LogP contribution in [-0.2, 0) is 13.1 Å². The second-order valence-electron chi connectivity index (χ2n) is 7.64. The van der Waals surface area contributed by atoms with E-state index < -0.39 is 0 Å². The Morgan fingerprint density at radius 2 is 1.89 bits per heavy atom. The Labute approximate surface area is 186 Å². The smallest absolute Gasteiger partial charge is 0.191 e. The van der Waals surface area contributed by atoms with E-state index in [1.54, 1.807) is 0 Å². The summed E-state index contributed by atoms with van der Waals surface area (Å²) in [6.45, 7) is 14.4. The Morgan fingerprint density at radius 1 is 1.14 bits per heavy atom. The van der Waals surface area contributed by atoms with Gasteiger partial charge in [0.25, 0.3) is 0 Å². The Balaban J connectivity index is 0.00000392. The molecule has 2 aromatic rings. The number of pyridine rings is 1. The van der Waals surface area contributed by atoms with E-state index in [0.29, 0.717) is 13.1 Å². The van der Waals surface area contributed by atoms with Crippen molar-refractivity contribution < 1.29 is 4.74 Å². The Hall–Kier alpha value is -1.83. The summed E-state index contributed by atoms with van der Waals surface area (Å²) in [5.41, 5.74) is 4.20. The van der Waals surface area contributed by atoms with Crippen molar-refractivity contribution in [2.75, 3.05) is 6.54 Å². The van der Waals surface area contributed by atoms with Crippen LogP contribution in [0.3, 0.4) is 0 Å². The predicted octanol–water partition coefficient (Wildman–Crippen LogP) is 4.75. The van der Waals surface area contributed by atoms with Crippen molar-refractivity contribution in [3.05, 3.63) is 58.9 Å². The van der Waals surface area contributed by atoms with Crippen LogP contribution in [0.25, 0.3) is 0 Å². The SMILES string of the molecule is CCNC(=NCc1ccc(C)cc1OC(C)(C)C)NCc1ncccc1C.I. The zero-order valence-corrected chi connectivity index (χ0v) is 20.1. The molecule has 1 aromatic carbocycles. The van der Waals surface area contributed by atoms with Gasteiger partial charge in [-0.3, -0.25) is 4.98 Å². The number of aryl methyl sites for hydroxylation is 2. The number of guanidine groups is 1. The lowest BCUT2D eigenvalue weighted by atomic mass is 10.1. The number of rotatable bonds is 6. The molecule has 154 valence electrons. The van der Waals surface area contributed by atoms with Crippen LogP contribution in [0.1, 0.15) is 50.1 Å². The van der Waals surface area contributed by atoms with Crippen LogP contribution in [0.5, 0.6) is 5.75 Å². The monoisotopic (exact) mass is 496 g/mol. The predicted molar refractivity (Wildman–Crippen MR) is 128 cm³/mol. The van der Waals surface area contributed by atoms with Crippen molar-refractivity contribution >= 4 is 29.9 Å². The zero-order chi connectivity index (χ0) is 19.9. The van der Waals surface area contributed by atoms with Crippen molar-refractivity contribution in [1.29, 1.82) is 0 Å². The van der Waals surface area contributed by atoms with Gasteiger partial charge in [0.15, 0.2) is 5.96 Å². The van der Waals surface area contributed by atoms with Gasteiger partial charge < -0.3 is 15.4 Å². The molecule has 0 aliphatic heterocycles. The molecule has 0 amide bonds. The molecule has 1 heterocycles. The minimum absolute atomic E-state index is 0. The zero-order valence-electron chi connectivity index (χ0n) is 17.8. The third kappa shape index (κ3) is 8.04. The molecule has 5 nitrogen and oxygen atoms in total. The van der Waals surface area contributed by atoms with Gasteiger partial charge >= 0.3 is 0 Å². The van der Waals surface area contributed by atoms with E-state index >= 15 is 0 Å². The summed E-state index contributed by atoms with van der Waals surface area (Å²) in [4.78, 5) is 9.16. The Morgan fingerprint density at radius 3 is 2.54 bits per heavy atom. The number of aromatic nitrogens is 1. The Kier molecular flexibility index (Phi) is 9.72. The van der Waals surface area contributed by atoms with Gasteiger partial charge in [0.05, 0.1) is 18.8 Å². The average molecular weight is 496 g/mol. The van der Waals surface area contributed by atoms with Gasteiger partial charge in [-0.2, -0.15) is 0 Å². The van der Waals surface area contributed by atoms with Gasteiger partial charge in [-0.05, 0) is 64.8 Å². The molecule has 0 radical (unpaired) electrons. The van der Waals surface area contributed by atoms with E-state index in [0.717, 1.165) is 29.5 Å². The molecule has 1 aromatic heterocycles. The van der Waals surface area contributed by atoms with Gasteiger partial charge in [0, 0.05) is 18.3 Å². The lowest BCUT2D eigenvalue weighted by Crippen LogP contribution is -2.37. The third-order valence-corrected chi connectivity index (χ3v) is 3.93. The second kappa shape index (κ2) is 11.2. The molecule has 2 rings (SSSR count). The largest absolute Gasteiger partial charge is 0.488 e. The second-order valence-corrected chi connectivity index (χ2v) is 7.64. The molecule has 0 aliphatic carbocycles. The van der Waals surface area contributed by atoms with Gasteiger partial charge in [0.1, 0.15) is 11.4 Å². The van der Waals surface area contributed by atoms with E-state index in [1.807, 2.05) is 12.3 Å². The summed E-state index contributed by atoms with van der Waals surface area (Å²) < 4.78 is 6.13. The average Bonchev–Trinajstić information content (AvgIpc) is 2.58. The summed E-state index contributed by atoms with van der Waals surface area (Å²) in [5, 5.41) is 6.65. The van der Waals surface area contributed by atoms with Crippen LogP contribution >= 0.6 is 24.0 Å². The molecule has 0 aliphatic rings. The quantitative estimate of drug-likeness (QED) is 0.345. The molecule has 0 spiro atoms. The number of benzene rings is 1. The first-order valence-electron chi connectivity index (χ1n) is 9.49. The fraction of sp³-hybridized carbons (Fsp3) is 0.455. The summed E-state index contributed by atoms with van der Waals surface area (Å²) >= 11 is 0. The summed E-state index contributed by atoms with van der Waals surface area (Å²) in [5.74, 6) is 1.66. The van der Waals surface area contributed by atoms with Crippen LogP contribution < -0.4 is 15.4 Å². The number of nitrogens with one attached hydrogen (secondary N) is 2. The number of ether oxygens (including phenoxy) is 1. The van der Waals surface area contributed by atoms with Crippen molar-refractivity contribution in [2.45, 2.75) is 60.2 Å². The van der Waals surface area contributed by atoms with E-state index in [-0.39, 0.29) is 29.6 Å². The first kappa shape index (κ1) is 24.2. The molecule has 2 N–H and O–H groups in total. The summed E-state index contributed by atoms with van der Waals surface area (Å²) in [6, 6.07) is 10.3. The number of hydrogen-bond acceptors (Lipinski definition) is 3. The van der Waals surface area contributed by atoms with Gasteiger partial charge in [0.2, 0.25) is 0 Å². The number of nitrogens with zero attached hydrogens (tertiary/aromatic N) is 2. The third-order valence-electron chi connectivity index (χ3n) is 3.93. The molecule has 0 saturated carbocycles. The first-order chi connectivity index (χ1) is 12.8. The summed E-state index contributed by atoms with van der Waals surface area (Å²) in [7, 11) is 0. The minimum Gasteiger partial charge on any atom is -0.488 e. The highest BCUT2D eigenvalue weighted by Crippen LogP contribution is 2.25. The maximum Gasteiger partial charge on any atom is 0.191 e. The van der Waals surface area contributed by atoms with Crippen molar-refractivity contribution in [3.8, 4) is 5.75 Å². The Bertz CT molecular complexity index is 784. The number of aliphatic imine (C=N–C) groups is 1. The maximum atomic E-state index is 6.13. The minimum atomic E-state index is -0.245. The van der Waals surface area contributed by atoms with Crippen molar-refractivity contribution in [2.24, 2.45) is 4.99 Å². The molecule has 6 heteroatoms. The highest BCUT2D eigenvalue weighted by molar-refractivity contribution is 14.0. The fourth-order valence-electron chi connectivity index (χ4n) is 2.59. The van der Waals surface area contributed by atoms with E-state index in [4.69, 9.17) is 9.73 Å². The van der Waals surface area contributed by atoms with Gasteiger partial charge in [-0.15, -0.1) is 24.0 Å². The lowest BCUT2D eigenvalue weighted by molar-refractivity contribution is 0.129. The molecule has 0 saturated heterocycles. The van der Waals surface area contributed by atoms with E-state index in [9.17, 15) is 0 Å². The van der Waals surface area contributed by atoms with Crippen molar-refractivity contribution in [3.63, 3.8) is 0 Å². The molecule has 0 bridgehead atoms. The molecule has 0 fully saturated rings. The lowest BCUT2D eigenvalue weighted by Gasteiger charge is -2.23. The highest BCUT2D eigenvalue weighted by Gasteiger charge is 2.15. The first-order valence-corrected chi connectivity index (χ1v) is 9.49. The highest BCUT2D eigenvalue weighted by atomic mass is 127. The fourth-order valence-corrected chi connectivity index (χ4v) is 2.59. The molecule has 0 unspecified atom stereocenters. The van der Waals surface area contributed by atoms with Crippen LogP contribution in [0.2, 0.25) is 0 Å².